The zero-order chi connectivity index (χ0) is 10.7. The Bertz CT molecular complexity index is 364. The highest BCUT2D eigenvalue weighted by Crippen LogP contribution is 2.25. The van der Waals surface area contributed by atoms with Gasteiger partial charge >= 0.3 is 0 Å². The van der Waals surface area contributed by atoms with Crippen molar-refractivity contribution in [2.24, 2.45) is 0 Å². The first-order chi connectivity index (χ1) is 6.61. The van der Waals surface area contributed by atoms with E-state index in [4.69, 9.17) is 0 Å². The predicted molar refractivity (Wildman–Crippen MR) is 42.9 cm³/mol. The van der Waals surface area contributed by atoms with E-state index in [1.807, 2.05) is 0 Å². The standard InChI is InChI=1S/C9H7F3O2/c1-2-14-9-7(11)3-6(10)5(4-13)8(9)12/h3-4H,2H2,1H3. The molecule has 0 saturated carbocycles. The number of carbonyl (C=O) groups excluding carboxylic acids is 1. The fourth-order valence-electron chi connectivity index (χ4n) is 0.971. The Balaban J connectivity index is 3.35. The largest absolute Gasteiger partial charge is 0.488 e. The molecule has 14 heavy (non-hydrogen) atoms. The lowest BCUT2D eigenvalue weighted by Gasteiger charge is -2.07. The first-order valence-electron chi connectivity index (χ1n) is 3.87. The molecule has 0 bridgehead atoms. The van der Waals surface area contributed by atoms with E-state index in [1.165, 1.54) is 6.92 Å². The normalized spacial score (nSPS) is 10.0. The van der Waals surface area contributed by atoms with Gasteiger partial charge in [0.25, 0.3) is 0 Å². The lowest BCUT2D eigenvalue weighted by atomic mass is 10.2. The zero-order valence-corrected chi connectivity index (χ0v) is 7.31. The molecule has 0 aliphatic rings. The van der Waals surface area contributed by atoms with Crippen LogP contribution < -0.4 is 4.74 Å². The van der Waals surface area contributed by atoms with Crippen molar-refractivity contribution in [1.82, 2.24) is 0 Å². The molecule has 1 rings (SSSR count). The molecule has 0 aromatic heterocycles. The molecule has 0 unspecified atom stereocenters. The van der Waals surface area contributed by atoms with Crippen LogP contribution in [0.25, 0.3) is 0 Å². The maximum atomic E-state index is 13.1. The molecule has 0 radical (unpaired) electrons. The molecule has 0 spiro atoms. The van der Waals surface area contributed by atoms with Crippen molar-refractivity contribution in [1.29, 1.82) is 0 Å². The van der Waals surface area contributed by atoms with Gasteiger partial charge in [0, 0.05) is 6.07 Å². The molecule has 76 valence electrons. The summed E-state index contributed by atoms with van der Waals surface area (Å²) >= 11 is 0. The second-order valence-electron chi connectivity index (χ2n) is 2.45. The molecule has 0 amide bonds. The van der Waals surface area contributed by atoms with Crippen LogP contribution in [0.2, 0.25) is 0 Å². The lowest BCUT2D eigenvalue weighted by Crippen LogP contribution is -2.03. The highest BCUT2D eigenvalue weighted by molar-refractivity contribution is 5.76. The summed E-state index contributed by atoms with van der Waals surface area (Å²) in [5, 5.41) is 0. The van der Waals surface area contributed by atoms with Gasteiger partial charge in [0.2, 0.25) is 0 Å². The van der Waals surface area contributed by atoms with Crippen molar-refractivity contribution in [2.45, 2.75) is 6.92 Å². The van der Waals surface area contributed by atoms with E-state index < -0.39 is 28.8 Å². The van der Waals surface area contributed by atoms with Gasteiger partial charge in [-0.15, -0.1) is 0 Å². The van der Waals surface area contributed by atoms with Gasteiger partial charge in [-0.2, -0.15) is 0 Å². The van der Waals surface area contributed by atoms with Crippen LogP contribution in [0, 0.1) is 17.5 Å². The van der Waals surface area contributed by atoms with Crippen molar-refractivity contribution in [3.63, 3.8) is 0 Å². The average molecular weight is 204 g/mol. The van der Waals surface area contributed by atoms with Crippen LogP contribution >= 0.6 is 0 Å². The fraction of sp³-hybridized carbons (Fsp3) is 0.222. The third-order valence-corrected chi connectivity index (χ3v) is 1.57. The summed E-state index contributed by atoms with van der Waals surface area (Å²) in [6.07, 6.45) is -0.0212. The minimum absolute atomic E-state index is 0.0212. The van der Waals surface area contributed by atoms with Crippen LogP contribution in [-0.2, 0) is 0 Å². The molecule has 2 nitrogen and oxygen atoms in total. The molecule has 1 aromatic carbocycles. The number of halogens is 3. The average Bonchev–Trinajstić information content (AvgIpc) is 2.12. The second-order valence-corrected chi connectivity index (χ2v) is 2.45. The van der Waals surface area contributed by atoms with Crippen LogP contribution in [0.5, 0.6) is 5.75 Å². The number of hydrogen-bond acceptors (Lipinski definition) is 2. The van der Waals surface area contributed by atoms with E-state index in [1.54, 1.807) is 0 Å². The minimum atomic E-state index is -1.31. The van der Waals surface area contributed by atoms with E-state index in [0.29, 0.717) is 6.07 Å². The minimum Gasteiger partial charge on any atom is -0.488 e. The molecular formula is C9H7F3O2. The Kier molecular flexibility index (Phi) is 3.11. The molecule has 0 heterocycles. The van der Waals surface area contributed by atoms with Gasteiger partial charge in [-0.05, 0) is 6.92 Å². The molecule has 1 aromatic rings. The summed E-state index contributed by atoms with van der Waals surface area (Å²) in [6.45, 7) is 1.54. The Morgan fingerprint density at radius 3 is 2.50 bits per heavy atom. The second kappa shape index (κ2) is 4.13. The van der Waals surface area contributed by atoms with Crippen LogP contribution in [0.15, 0.2) is 6.07 Å². The number of hydrogen-bond donors (Lipinski definition) is 0. The van der Waals surface area contributed by atoms with Crippen molar-refractivity contribution in [3.8, 4) is 5.75 Å². The van der Waals surface area contributed by atoms with E-state index in [0.717, 1.165) is 0 Å². The van der Waals surface area contributed by atoms with Gasteiger partial charge in [-0.25, -0.2) is 13.2 Å². The highest BCUT2D eigenvalue weighted by Gasteiger charge is 2.19. The van der Waals surface area contributed by atoms with Crippen LogP contribution in [0.4, 0.5) is 13.2 Å². The fourth-order valence-corrected chi connectivity index (χ4v) is 0.971. The quantitative estimate of drug-likeness (QED) is 0.706. The first-order valence-corrected chi connectivity index (χ1v) is 3.87. The molecule has 0 atom stereocenters. The Morgan fingerprint density at radius 2 is 2.00 bits per heavy atom. The van der Waals surface area contributed by atoms with Gasteiger partial charge in [-0.1, -0.05) is 0 Å². The van der Waals surface area contributed by atoms with Gasteiger partial charge in [0.05, 0.1) is 12.2 Å². The third kappa shape index (κ3) is 1.71. The lowest BCUT2D eigenvalue weighted by molar-refractivity contribution is 0.111. The van der Waals surface area contributed by atoms with Gasteiger partial charge < -0.3 is 4.74 Å². The van der Waals surface area contributed by atoms with Crippen molar-refractivity contribution in [3.05, 3.63) is 29.1 Å². The molecule has 0 aliphatic carbocycles. The summed E-state index contributed by atoms with van der Waals surface area (Å²) in [4.78, 5) is 10.3. The highest BCUT2D eigenvalue weighted by atomic mass is 19.1. The van der Waals surface area contributed by atoms with Crippen molar-refractivity contribution >= 4 is 6.29 Å². The molecule has 0 aliphatic heterocycles. The van der Waals surface area contributed by atoms with Crippen molar-refractivity contribution in [2.75, 3.05) is 6.61 Å². The van der Waals surface area contributed by atoms with Crippen LogP contribution in [-0.4, -0.2) is 12.9 Å². The molecule has 0 fully saturated rings. The van der Waals surface area contributed by atoms with E-state index in [2.05, 4.69) is 4.74 Å². The number of rotatable bonds is 3. The smallest absolute Gasteiger partial charge is 0.191 e. The Labute approximate surface area is 78.3 Å². The van der Waals surface area contributed by atoms with Gasteiger partial charge in [-0.3, -0.25) is 4.79 Å². The van der Waals surface area contributed by atoms with E-state index >= 15 is 0 Å². The third-order valence-electron chi connectivity index (χ3n) is 1.57. The Hall–Kier alpha value is -1.52. The molecular weight excluding hydrogens is 197 g/mol. The molecule has 5 heteroatoms. The summed E-state index contributed by atoms with van der Waals surface area (Å²) in [5.41, 5.74) is -0.824. The van der Waals surface area contributed by atoms with Crippen LogP contribution in [0.1, 0.15) is 17.3 Å². The van der Waals surface area contributed by atoms with E-state index in [9.17, 15) is 18.0 Å². The first kappa shape index (κ1) is 10.6. The molecule has 0 saturated heterocycles. The SMILES string of the molecule is CCOc1c(F)cc(F)c(C=O)c1F. The summed E-state index contributed by atoms with van der Waals surface area (Å²) < 4.78 is 43.4. The summed E-state index contributed by atoms with van der Waals surface area (Å²) in [5.74, 6) is -4.43. The van der Waals surface area contributed by atoms with Gasteiger partial charge in [0.1, 0.15) is 5.82 Å². The summed E-state index contributed by atoms with van der Waals surface area (Å²) in [7, 11) is 0. The number of carbonyl (C=O) groups is 1. The van der Waals surface area contributed by atoms with Gasteiger partial charge in [0.15, 0.2) is 23.7 Å². The summed E-state index contributed by atoms with van der Waals surface area (Å²) in [6, 6.07) is 0.414. The van der Waals surface area contributed by atoms with E-state index in [-0.39, 0.29) is 12.9 Å². The van der Waals surface area contributed by atoms with Crippen LogP contribution in [0.3, 0.4) is 0 Å². The number of aldehydes is 1. The maximum Gasteiger partial charge on any atom is 0.191 e. The monoisotopic (exact) mass is 204 g/mol. The topological polar surface area (TPSA) is 26.3 Å². The number of ether oxygens (including phenoxy) is 1. The zero-order valence-electron chi connectivity index (χ0n) is 7.31. The number of benzene rings is 1. The maximum absolute atomic E-state index is 13.1. The Morgan fingerprint density at radius 1 is 1.36 bits per heavy atom. The predicted octanol–water partition coefficient (Wildman–Crippen LogP) is 2.32. The molecule has 0 N–H and O–H groups in total. The van der Waals surface area contributed by atoms with Crippen molar-refractivity contribution < 1.29 is 22.7 Å².